The zero-order valence-electron chi connectivity index (χ0n) is 9.57. The lowest BCUT2D eigenvalue weighted by atomic mass is 10.1. The van der Waals surface area contributed by atoms with Gasteiger partial charge in [0.25, 0.3) is 10.1 Å². The molecule has 0 atom stereocenters. The summed E-state index contributed by atoms with van der Waals surface area (Å²) >= 11 is 0. The maximum Gasteiger partial charge on any atom is 0.264 e. The first-order chi connectivity index (χ1) is 7.06. The number of rotatable bonds is 10. The van der Waals surface area contributed by atoms with E-state index >= 15 is 0 Å². The van der Waals surface area contributed by atoms with Crippen molar-refractivity contribution in [1.29, 1.82) is 0 Å². The van der Waals surface area contributed by atoms with Gasteiger partial charge in [0.05, 0.1) is 12.9 Å². The van der Waals surface area contributed by atoms with Crippen LogP contribution in [-0.2, 0) is 14.3 Å². The Kier molecular flexibility index (Phi) is 8.71. The molecule has 0 radical (unpaired) electrons. The molecule has 90 valence electrons. The summed E-state index contributed by atoms with van der Waals surface area (Å²) in [6, 6.07) is 0. The third-order valence-corrected chi connectivity index (χ3v) is 2.69. The Labute approximate surface area is 93.6 Å². The molecule has 0 aliphatic rings. The third-order valence-electron chi connectivity index (χ3n) is 2.10. The molecule has 0 unspecified atom stereocenters. The second-order valence-corrected chi connectivity index (χ2v) is 5.37. The van der Waals surface area contributed by atoms with E-state index < -0.39 is 10.1 Å². The Morgan fingerprint density at radius 3 is 2.13 bits per heavy atom. The van der Waals surface area contributed by atoms with E-state index in [1.54, 1.807) is 0 Å². The fourth-order valence-corrected chi connectivity index (χ4v) is 1.73. The van der Waals surface area contributed by atoms with E-state index in [0.717, 1.165) is 31.9 Å². The fraction of sp³-hybridized carbons (Fsp3) is 0.818. The van der Waals surface area contributed by atoms with Gasteiger partial charge in [0, 0.05) is 0 Å². The van der Waals surface area contributed by atoms with Gasteiger partial charge in [-0.25, -0.2) is 0 Å². The molecule has 0 spiro atoms. The Hall–Kier alpha value is -0.350. The Bertz CT molecular complexity index is 245. The predicted molar refractivity (Wildman–Crippen MR) is 63.3 cm³/mol. The van der Waals surface area contributed by atoms with Crippen molar-refractivity contribution in [1.82, 2.24) is 0 Å². The van der Waals surface area contributed by atoms with Crippen molar-refractivity contribution in [2.75, 3.05) is 12.9 Å². The zero-order chi connectivity index (χ0) is 11.6. The summed E-state index contributed by atoms with van der Waals surface area (Å²) in [5, 5.41) is 0. The highest BCUT2D eigenvalue weighted by Crippen LogP contribution is 2.07. The van der Waals surface area contributed by atoms with Crippen LogP contribution >= 0.6 is 0 Å². The van der Waals surface area contributed by atoms with Gasteiger partial charge in [-0.15, -0.1) is 6.58 Å². The number of hydrogen-bond acceptors (Lipinski definition) is 3. The maximum atomic E-state index is 10.6. The predicted octanol–water partition coefficient (Wildman–Crippen LogP) is 2.88. The molecule has 0 aliphatic heterocycles. The second-order valence-electron chi connectivity index (χ2n) is 3.72. The van der Waals surface area contributed by atoms with E-state index in [0.29, 0.717) is 6.61 Å². The van der Waals surface area contributed by atoms with Gasteiger partial charge in [-0.1, -0.05) is 31.8 Å². The molecule has 0 bridgehead atoms. The zero-order valence-corrected chi connectivity index (χ0v) is 10.4. The monoisotopic (exact) mass is 234 g/mol. The molecule has 0 aromatic heterocycles. The highest BCUT2D eigenvalue weighted by Gasteiger charge is 1.99. The molecule has 0 aromatic carbocycles. The van der Waals surface area contributed by atoms with Gasteiger partial charge in [-0.2, -0.15) is 8.42 Å². The summed E-state index contributed by atoms with van der Waals surface area (Å²) in [5.41, 5.74) is 0. The third kappa shape index (κ3) is 13.7. The van der Waals surface area contributed by atoms with Crippen LogP contribution < -0.4 is 0 Å². The van der Waals surface area contributed by atoms with Crippen LogP contribution in [0, 0.1) is 0 Å². The first kappa shape index (κ1) is 14.6. The lowest BCUT2D eigenvalue weighted by molar-refractivity contribution is 0.309. The van der Waals surface area contributed by atoms with Crippen molar-refractivity contribution in [2.24, 2.45) is 0 Å². The minimum atomic E-state index is -3.24. The minimum Gasteiger partial charge on any atom is -0.270 e. The Balaban J connectivity index is 3.08. The lowest BCUT2D eigenvalue weighted by Crippen LogP contribution is -2.03. The Morgan fingerprint density at radius 2 is 1.60 bits per heavy atom. The molecule has 0 fully saturated rings. The van der Waals surface area contributed by atoms with Crippen molar-refractivity contribution in [3.63, 3.8) is 0 Å². The molecule has 4 heteroatoms. The molecule has 0 heterocycles. The summed E-state index contributed by atoms with van der Waals surface area (Å²) in [4.78, 5) is 0. The number of hydrogen-bond donors (Lipinski definition) is 0. The van der Waals surface area contributed by atoms with Crippen LogP contribution in [-0.4, -0.2) is 21.3 Å². The highest BCUT2D eigenvalue weighted by molar-refractivity contribution is 7.85. The lowest BCUT2D eigenvalue weighted by Gasteiger charge is -2.01. The summed E-state index contributed by atoms with van der Waals surface area (Å²) < 4.78 is 25.8. The molecule has 0 rings (SSSR count). The molecule has 3 nitrogen and oxygen atoms in total. The van der Waals surface area contributed by atoms with Crippen LogP contribution in [0.15, 0.2) is 12.7 Å². The standard InChI is InChI=1S/C11H22O3S/c1-3-4-5-6-7-8-9-10-11-14-15(2,12)13/h3H,1,4-11H2,2H3. The summed E-state index contributed by atoms with van der Waals surface area (Å²) in [6.45, 7) is 3.99. The molecular weight excluding hydrogens is 212 g/mol. The molecular formula is C11H22O3S. The van der Waals surface area contributed by atoms with Crippen LogP contribution in [0.25, 0.3) is 0 Å². The van der Waals surface area contributed by atoms with Crippen molar-refractivity contribution in [3.8, 4) is 0 Å². The largest absolute Gasteiger partial charge is 0.270 e. The smallest absolute Gasteiger partial charge is 0.264 e. The highest BCUT2D eigenvalue weighted by atomic mass is 32.2. The summed E-state index contributed by atoms with van der Waals surface area (Å²) in [7, 11) is -3.24. The van der Waals surface area contributed by atoms with Crippen LogP contribution in [0.4, 0.5) is 0 Å². The molecule has 0 amide bonds. The van der Waals surface area contributed by atoms with E-state index in [1.807, 2.05) is 6.08 Å². The topological polar surface area (TPSA) is 43.4 Å². The van der Waals surface area contributed by atoms with E-state index in [2.05, 4.69) is 10.8 Å². The quantitative estimate of drug-likeness (QED) is 0.331. The average Bonchev–Trinajstić information content (AvgIpc) is 2.14. The van der Waals surface area contributed by atoms with Crippen molar-refractivity contribution >= 4 is 10.1 Å². The molecule has 15 heavy (non-hydrogen) atoms. The van der Waals surface area contributed by atoms with Gasteiger partial charge in [0.15, 0.2) is 0 Å². The maximum absolute atomic E-state index is 10.6. The van der Waals surface area contributed by atoms with Gasteiger partial charge >= 0.3 is 0 Å². The molecule has 0 aliphatic carbocycles. The van der Waals surface area contributed by atoms with Gasteiger partial charge < -0.3 is 0 Å². The second kappa shape index (κ2) is 8.92. The molecule has 0 N–H and O–H groups in total. The fourth-order valence-electron chi connectivity index (χ4n) is 1.31. The number of allylic oxidation sites excluding steroid dienone is 1. The van der Waals surface area contributed by atoms with Crippen LogP contribution in [0.2, 0.25) is 0 Å². The normalized spacial score (nSPS) is 11.5. The molecule has 0 saturated carbocycles. The van der Waals surface area contributed by atoms with Crippen LogP contribution in [0.5, 0.6) is 0 Å². The van der Waals surface area contributed by atoms with Crippen molar-refractivity contribution in [3.05, 3.63) is 12.7 Å². The first-order valence-corrected chi connectivity index (χ1v) is 7.33. The van der Waals surface area contributed by atoms with Crippen molar-refractivity contribution in [2.45, 2.75) is 44.9 Å². The average molecular weight is 234 g/mol. The van der Waals surface area contributed by atoms with Crippen molar-refractivity contribution < 1.29 is 12.6 Å². The van der Waals surface area contributed by atoms with Gasteiger partial charge in [0.2, 0.25) is 0 Å². The van der Waals surface area contributed by atoms with Crippen LogP contribution in [0.1, 0.15) is 44.9 Å². The molecule has 0 aromatic rings. The van der Waals surface area contributed by atoms with Gasteiger partial charge in [0.1, 0.15) is 0 Å². The van der Waals surface area contributed by atoms with E-state index in [4.69, 9.17) is 0 Å². The summed E-state index contributed by atoms with van der Waals surface area (Å²) in [6.07, 6.45) is 10.8. The summed E-state index contributed by atoms with van der Waals surface area (Å²) in [5.74, 6) is 0. The number of unbranched alkanes of at least 4 members (excludes halogenated alkanes) is 6. The van der Waals surface area contributed by atoms with E-state index in [-0.39, 0.29) is 0 Å². The molecule has 0 saturated heterocycles. The SMILES string of the molecule is C=CCCCCCCCCOS(C)(=O)=O. The van der Waals surface area contributed by atoms with Gasteiger partial charge in [-0.05, 0) is 19.3 Å². The van der Waals surface area contributed by atoms with Crippen LogP contribution in [0.3, 0.4) is 0 Å². The van der Waals surface area contributed by atoms with E-state index in [9.17, 15) is 8.42 Å². The van der Waals surface area contributed by atoms with Gasteiger partial charge in [-0.3, -0.25) is 4.18 Å². The minimum absolute atomic E-state index is 0.325. The Morgan fingerprint density at radius 1 is 1.07 bits per heavy atom. The first-order valence-electron chi connectivity index (χ1n) is 5.51. The van der Waals surface area contributed by atoms with E-state index in [1.165, 1.54) is 19.3 Å².